The smallest absolute Gasteiger partial charge is 0.242 e. The molecular formula is C19H24N2O3S. The Hall–Kier alpha value is -2.18. The molecular weight excluding hydrogens is 336 g/mol. The molecule has 2 aromatic rings. The summed E-state index contributed by atoms with van der Waals surface area (Å²) in [6.07, 6.45) is 0.767. The molecule has 134 valence electrons. The number of amides is 1. The Morgan fingerprint density at radius 1 is 1.08 bits per heavy atom. The van der Waals surface area contributed by atoms with Gasteiger partial charge in [0.1, 0.15) is 0 Å². The van der Waals surface area contributed by atoms with E-state index >= 15 is 0 Å². The van der Waals surface area contributed by atoms with Gasteiger partial charge in [0.05, 0.1) is 4.90 Å². The van der Waals surface area contributed by atoms with E-state index in [-0.39, 0.29) is 10.8 Å². The van der Waals surface area contributed by atoms with Gasteiger partial charge in [-0.2, -0.15) is 0 Å². The Morgan fingerprint density at radius 3 is 2.48 bits per heavy atom. The molecule has 0 aliphatic heterocycles. The van der Waals surface area contributed by atoms with Crippen molar-refractivity contribution in [1.29, 1.82) is 0 Å². The SMILES string of the molecule is Cc1cccc(CNC(=O)CCCN(C)S(=O)(=O)c2ccccc2)c1. The standard InChI is InChI=1S/C19H24N2O3S/c1-16-8-6-9-17(14-16)15-20-19(22)12-7-13-21(2)25(23,24)18-10-4-3-5-11-18/h3-6,8-11,14H,7,12-13,15H2,1-2H3,(H,20,22). The number of carbonyl (C=O) groups is 1. The molecule has 6 heteroatoms. The van der Waals surface area contributed by atoms with Crippen LogP contribution in [0.15, 0.2) is 59.5 Å². The van der Waals surface area contributed by atoms with E-state index in [4.69, 9.17) is 0 Å². The fourth-order valence-corrected chi connectivity index (χ4v) is 3.70. The second-order valence-corrected chi connectivity index (χ2v) is 8.05. The molecule has 0 bridgehead atoms. The number of rotatable bonds is 8. The van der Waals surface area contributed by atoms with Gasteiger partial charge >= 0.3 is 0 Å². The Morgan fingerprint density at radius 2 is 1.80 bits per heavy atom. The van der Waals surface area contributed by atoms with Gasteiger partial charge in [0.15, 0.2) is 0 Å². The zero-order valence-corrected chi connectivity index (χ0v) is 15.4. The summed E-state index contributed by atoms with van der Waals surface area (Å²) >= 11 is 0. The first-order valence-corrected chi connectivity index (χ1v) is 9.67. The molecule has 0 unspecified atom stereocenters. The van der Waals surface area contributed by atoms with Crippen molar-refractivity contribution >= 4 is 15.9 Å². The molecule has 0 fully saturated rings. The van der Waals surface area contributed by atoms with Crippen molar-refractivity contribution in [3.05, 3.63) is 65.7 Å². The lowest BCUT2D eigenvalue weighted by molar-refractivity contribution is -0.121. The summed E-state index contributed by atoms with van der Waals surface area (Å²) in [7, 11) is -1.96. The highest BCUT2D eigenvalue weighted by molar-refractivity contribution is 7.89. The van der Waals surface area contributed by atoms with Crippen LogP contribution in [0.3, 0.4) is 0 Å². The molecule has 0 aromatic heterocycles. The van der Waals surface area contributed by atoms with Crippen LogP contribution < -0.4 is 5.32 Å². The zero-order chi connectivity index (χ0) is 18.3. The predicted molar refractivity (Wildman–Crippen MR) is 98.5 cm³/mol. The average molecular weight is 360 g/mol. The third kappa shape index (κ3) is 5.69. The number of nitrogens with zero attached hydrogens (tertiary/aromatic N) is 1. The van der Waals surface area contributed by atoms with E-state index in [1.165, 1.54) is 11.4 Å². The number of sulfonamides is 1. The summed E-state index contributed by atoms with van der Waals surface area (Å²) in [5, 5.41) is 2.86. The Kier molecular flexibility index (Phi) is 6.73. The van der Waals surface area contributed by atoms with Gasteiger partial charge in [0, 0.05) is 26.6 Å². The third-order valence-corrected chi connectivity index (χ3v) is 5.77. The minimum atomic E-state index is -3.50. The summed E-state index contributed by atoms with van der Waals surface area (Å²) in [6, 6.07) is 16.3. The highest BCUT2D eigenvalue weighted by atomic mass is 32.2. The van der Waals surface area contributed by atoms with Crippen molar-refractivity contribution in [2.45, 2.75) is 31.2 Å². The molecule has 0 saturated heterocycles. The topological polar surface area (TPSA) is 66.5 Å². The number of nitrogens with one attached hydrogen (secondary N) is 1. The van der Waals surface area contributed by atoms with Crippen molar-refractivity contribution in [2.24, 2.45) is 0 Å². The van der Waals surface area contributed by atoms with E-state index in [9.17, 15) is 13.2 Å². The average Bonchev–Trinajstić information content (AvgIpc) is 2.60. The summed E-state index contributed by atoms with van der Waals surface area (Å²) < 4.78 is 26.0. The number of hydrogen-bond donors (Lipinski definition) is 1. The van der Waals surface area contributed by atoms with Crippen molar-refractivity contribution in [2.75, 3.05) is 13.6 Å². The molecule has 2 aromatic carbocycles. The number of benzene rings is 2. The van der Waals surface area contributed by atoms with E-state index < -0.39 is 10.0 Å². The molecule has 1 amide bonds. The normalized spacial score (nSPS) is 11.5. The van der Waals surface area contributed by atoms with Crippen LogP contribution in [0.1, 0.15) is 24.0 Å². The minimum Gasteiger partial charge on any atom is -0.352 e. The first kappa shape index (κ1) is 19.1. The van der Waals surface area contributed by atoms with Crippen LogP contribution in [0.2, 0.25) is 0 Å². The maximum atomic E-state index is 12.4. The minimum absolute atomic E-state index is 0.0768. The molecule has 5 nitrogen and oxygen atoms in total. The van der Waals surface area contributed by atoms with E-state index in [0.29, 0.717) is 25.9 Å². The van der Waals surface area contributed by atoms with E-state index in [0.717, 1.165) is 11.1 Å². The molecule has 0 heterocycles. The fourth-order valence-electron chi connectivity index (χ4n) is 2.47. The first-order chi connectivity index (χ1) is 11.9. The molecule has 2 rings (SSSR count). The molecule has 0 saturated carbocycles. The predicted octanol–water partition coefficient (Wildman–Crippen LogP) is 2.71. The Labute approximate surface area is 149 Å². The van der Waals surface area contributed by atoms with Crippen LogP contribution in [0, 0.1) is 6.92 Å². The van der Waals surface area contributed by atoms with Crippen molar-refractivity contribution in [1.82, 2.24) is 9.62 Å². The van der Waals surface area contributed by atoms with Gasteiger partial charge in [-0.25, -0.2) is 12.7 Å². The van der Waals surface area contributed by atoms with Gasteiger partial charge < -0.3 is 5.32 Å². The van der Waals surface area contributed by atoms with E-state index in [1.807, 2.05) is 31.2 Å². The van der Waals surface area contributed by atoms with Crippen LogP contribution >= 0.6 is 0 Å². The van der Waals surface area contributed by atoms with Crippen molar-refractivity contribution in [3.63, 3.8) is 0 Å². The summed E-state index contributed by atoms with van der Waals surface area (Å²) in [4.78, 5) is 12.2. The van der Waals surface area contributed by atoms with Gasteiger partial charge in [0.25, 0.3) is 0 Å². The molecule has 0 aliphatic carbocycles. The third-order valence-electron chi connectivity index (χ3n) is 3.90. The van der Waals surface area contributed by atoms with E-state index in [2.05, 4.69) is 5.32 Å². The zero-order valence-electron chi connectivity index (χ0n) is 14.6. The first-order valence-electron chi connectivity index (χ1n) is 8.23. The van der Waals surface area contributed by atoms with Crippen LogP contribution in [-0.4, -0.2) is 32.2 Å². The molecule has 1 N–H and O–H groups in total. The van der Waals surface area contributed by atoms with Gasteiger partial charge in [-0.15, -0.1) is 0 Å². The fraction of sp³-hybridized carbons (Fsp3) is 0.316. The van der Waals surface area contributed by atoms with Crippen LogP contribution in [-0.2, 0) is 21.4 Å². The van der Waals surface area contributed by atoms with E-state index in [1.54, 1.807) is 30.3 Å². The van der Waals surface area contributed by atoms with Crippen molar-refractivity contribution < 1.29 is 13.2 Å². The van der Waals surface area contributed by atoms with Crippen LogP contribution in [0.25, 0.3) is 0 Å². The van der Waals surface area contributed by atoms with Crippen molar-refractivity contribution in [3.8, 4) is 0 Å². The quantitative estimate of drug-likeness (QED) is 0.787. The van der Waals surface area contributed by atoms with Gasteiger partial charge in [0.2, 0.25) is 15.9 Å². The monoisotopic (exact) mass is 360 g/mol. The molecule has 0 spiro atoms. The van der Waals surface area contributed by atoms with Crippen LogP contribution in [0.4, 0.5) is 0 Å². The highest BCUT2D eigenvalue weighted by Crippen LogP contribution is 2.14. The van der Waals surface area contributed by atoms with Gasteiger partial charge in [-0.05, 0) is 31.0 Å². The Bertz CT molecular complexity index is 804. The van der Waals surface area contributed by atoms with Crippen LogP contribution in [0.5, 0.6) is 0 Å². The highest BCUT2D eigenvalue weighted by Gasteiger charge is 2.19. The summed E-state index contributed by atoms with van der Waals surface area (Å²) in [6.45, 7) is 2.79. The second-order valence-electron chi connectivity index (χ2n) is 6.01. The lowest BCUT2D eigenvalue weighted by Gasteiger charge is -2.17. The lowest BCUT2D eigenvalue weighted by Crippen LogP contribution is -2.29. The Balaban J connectivity index is 1.77. The largest absolute Gasteiger partial charge is 0.352 e. The summed E-state index contributed by atoms with van der Waals surface area (Å²) in [5.74, 6) is -0.0768. The molecule has 25 heavy (non-hydrogen) atoms. The van der Waals surface area contributed by atoms with Gasteiger partial charge in [-0.3, -0.25) is 4.79 Å². The maximum absolute atomic E-state index is 12.4. The number of carbonyl (C=O) groups excluding carboxylic acids is 1. The molecule has 0 aliphatic rings. The number of hydrogen-bond acceptors (Lipinski definition) is 3. The van der Waals surface area contributed by atoms with Gasteiger partial charge in [-0.1, -0.05) is 48.0 Å². The lowest BCUT2D eigenvalue weighted by atomic mass is 10.1. The second kappa shape index (κ2) is 8.78. The maximum Gasteiger partial charge on any atom is 0.242 e. The summed E-state index contributed by atoms with van der Waals surface area (Å²) in [5.41, 5.74) is 2.21. The molecule has 0 atom stereocenters. The molecule has 0 radical (unpaired) electrons. The number of aryl methyl sites for hydroxylation is 1.